The molecule has 1 atom stereocenters. The molecule has 1 saturated heterocycles. The van der Waals surface area contributed by atoms with Crippen molar-refractivity contribution >= 4 is 23.1 Å². The number of ketones is 1. The number of aliphatic hydroxyl groups is 1. The Labute approximate surface area is 199 Å². The molecule has 3 aromatic carbocycles. The van der Waals surface area contributed by atoms with E-state index < -0.39 is 17.7 Å². The van der Waals surface area contributed by atoms with Crippen LogP contribution in [0.1, 0.15) is 31.0 Å². The molecule has 0 spiro atoms. The number of anilines is 1. The predicted octanol–water partition coefficient (Wildman–Crippen LogP) is 5.36. The molecule has 1 aliphatic rings. The van der Waals surface area contributed by atoms with Crippen molar-refractivity contribution in [2.24, 2.45) is 5.92 Å². The number of amides is 1. The summed E-state index contributed by atoms with van der Waals surface area (Å²) in [6.07, 6.45) is 0. The van der Waals surface area contributed by atoms with Gasteiger partial charge in [-0.3, -0.25) is 14.5 Å². The second-order valence-electron chi connectivity index (χ2n) is 8.51. The van der Waals surface area contributed by atoms with E-state index in [2.05, 4.69) is 0 Å². The third-order valence-electron chi connectivity index (χ3n) is 5.58. The van der Waals surface area contributed by atoms with Crippen molar-refractivity contribution in [3.63, 3.8) is 0 Å². The van der Waals surface area contributed by atoms with Crippen molar-refractivity contribution in [3.05, 3.63) is 95.6 Å². The number of aliphatic hydroxyl groups excluding tert-OH is 1. The predicted molar refractivity (Wildman–Crippen MR) is 131 cm³/mol. The van der Waals surface area contributed by atoms with Gasteiger partial charge in [0.1, 0.15) is 17.3 Å². The molecular formula is C28H27NO5. The lowest BCUT2D eigenvalue weighted by atomic mass is 9.95. The standard InChI is InChI=1S/C28H27NO5/c1-18(2)17-34-23-14-7-11-20(15-23)26(30)24-25(19-9-5-4-6-10-19)29(28(32)27(24)31)21-12-8-13-22(16-21)33-3/h4-16,18,25,30H,17H2,1-3H3/b26-24+. The molecule has 1 N–H and O–H groups in total. The Morgan fingerprint density at radius 3 is 2.35 bits per heavy atom. The number of Topliss-reactive ketones (excluding diaryl/α,β-unsaturated/α-hetero) is 1. The van der Waals surface area contributed by atoms with Gasteiger partial charge in [0.25, 0.3) is 11.7 Å². The van der Waals surface area contributed by atoms with E-state index in [9.17, 15) is 14.7 Å². The fraction of sp³-hybridized carbons (Fsp3) is 0.214. The molecule has 34 heavy (non-hydrogen) atoms. The minimum Gasteiger partial charge on any atom is -0.507 e. The first-order valence-electron chi connectivity index (χ1n) is 11.1. The molecule has 1 fully saturated rings. The summed E-state index contributed by atoms with van der Waals surface area (Å²) in [5.74, 6) is -0.230. The van der Waals surface area contributed by atoms with Gasteiger partial charge in [-0.2, -0.15) is 0 Å². The molecule has 0 radical (unpaired) electrons. The van der Waals surface area contributed by atoms with Crippen LogP contribution in [0.5, 0.6) is 11.5 Å². The number of ether oxygens (including phenoxy) is 2. The highest BCUT2D eigenvalue weighted by Gasteiger charge is 2.47. The average Bonchev–Trinajstić information content (AvgIpc) is 3.13. The lowest BCUT2D eigenvalue weighted by Crippen LogP contribution is -2.29. The summed E-state index contributed by atoms with van der Waals surface area (Å²) in [6.45, 7) is 4.61. The zero-order chi connectivity index (χ0) is 24.2. The maximum absolute atomic E-state index is 13.3. The SMILES string of the molecule is COc1cccc(N2C(=O)C(=O)/C(=C(/O)c3cccc(OCC(C)C)c3)C2c2ccccc2)c1. The van der Waals surface area contributed by atoms with Crippen LogP contribution in [0.15, 0.2) is 84.4 Å². The van der Waals surface area contributed by atoms with E-state index >= 15 is 0 Å². The van der Waals surface area contributed by atoms with Gasteiger partial charge in [-0.25, -0.2) is 0 Å². The maximum Gasteiger partial charge on any atom is 0.300 e. The largest absolute Gasteiger partial charge is 0.507 e. The van der Waals surface area contributed by atoms with Crippen LogP contribution in [0.2, 0.25) is 0 Å². The Bertz CT molecular complexity index is 1230. The quantitative estimate of drug-likeness (QED) is 0.294. The number of hydrogen-bond donors (Lipinski definition) is 1. The van der Waals surface area contributed by atoms with E-state index in [0.29, 0.717) is 40.8 Å². The molecule has 174 valence electrons. The molecule has 6 heteroatoms. The summed E-state index contributed by atoms with van der Waals surface area (Å²) < 4.78 is 11.1. The molecule has 1 aliphatic heterocycles. The third kappa shape index (κ3) is 4.53. The maximum atomic E-state index is 13.3. The first-order valence-corrected chi connectivity index (χ1v) is 11.1. The van der Waals surface area contributed by atoms with Crippen LogP contribution < -0.4 is 14.4 Å². The van der Waals surface area contributed by atoms with Gasteiger partial charge in [0.15, 0.2) is 0 Å². The van der Waals surface area contributed by atoms with Crippen LogP contribution in [-0.2, 0) is 9.59 Å². The Balaban J connectivity index is 1.85. The Morgan fingerprint density at radius 2 is 1.65 bits per heavy atom. The van der Waals surface area contributed by atoms with Crippen LogP contribution in [0, 0.1) is 5.92 Å². The highest BCUT2D eigenvalue weighted by molar-refractivity contribution is 6.51. The van der Waals surface area contributed by atoms with Crippen molar-refractivity contribution in [2.45, 2.75) is 19.9 Å². The summed E-state index contributed by atoms with van der Waals surface area (Å²) in [7, 11) is 1.54. The number of benzene rings is 3. The van der Waals surface area contributed by atoms with Crippen LogP contribution in [-0.4, -0.2) is 30.5 Å². The number of methoxy groups -OCH3 is 1. The van der Waals surface area contributed by atoms with Crippen molar-refractivity contribution in [1.29, 1.82) is 0 Å². The van der Waals surface area contributed by atoms with E-state index in [0.717, 1.165) is 0 Å². The molecule has 0 bridgehead atoms. The summed E-state index contributed by atoms with van der Waals surface area (Å²) in [4.78, 5) is 27.9. The van der Waals surface area contributed by atoms with Gasteiger partial charge in [-0.1, -0.05) is 62.4 Å². The molecule has 1 amide bonds. The summed E-state index contributed by atoms with van der Waals surface area (Å²) in [5, 5.41) is 11.3. The number of nitrogens with zero attached hydrogens (tertiary/aromatic N) is 1. The third-order valence-corrected chi connectivity index (χ3v) is 5.58. The molecule has 6 nitrogen and oxygen atoms in total. The number of carbonyl (C=O) groups is 2. The second kappa shape index (κ2) is 9.83. The molecule has 1 heterocycles. The van der Waals surface area contributed by atoms with Crippen LogP contribution >= 0.6 is 0 Å². The molecule has 0 aromatic heterocycles. The fourth-order valence-electron chi connectivity index (χ4n) is 3.96. The number of carbonyl (C=O) groups excluding carboxylic acids is 2. The van der Waals surface area contributed by atoms with Crippen molar-refractivity contribution < 1.29 is 24.2 Å². The van der Waals surface area contributed by atoms with Gasteiger partial charge in [0, 0.05) is 17.3 Å². The zero-order valence-electron chi connectivity index (χ0n) is 19.4. The fourth-order valence-corrected chi connectivity index (χ4v) is 3.96. The monoisotopic (exact) mass is 457 g/mol. The van der Waals surface area contributed by atoms with Gasteiger partial charge in [0.05, 0.1) is 25.3 Å². The minimum absolute atomic E-state index is 0.0278. The smallest absolute Gasteiger partial charge is 0.300 e. The van der Waals surface area contributed by atoms with Crippen LogP contribution in [0.3, 0.4) is 0 Å². The molecule has 4 rings (SSSR count). The first-order chi connectivity index (χ1) is 16.4. The Hall–Kier alpha value is -4.06. The minimum atomic E-state index is -0.798. The first kappa shape index (κ1) is 23.1. The van der Waals surface area contributed by atoms with Gasteiger partial charge in [-0.15, -0.1) is 0 Å². The second-order valence-corrected chi connectivity index (χ2v) is 8.51. The summed E-state index contributed by atoms with van der Waals surface area (Å²) in [6, 6.07) is 22.3. The van der Waals surface area contributed by atoms with Gasteiger partial charge in [0.2, 0.25) is 0 Å². The lowest BCUT2D eigenvalue weighted by Gasteiger charge is -2.25. The number of hydrogen-bond acceptors (Lipinski definition) is 5. The van der Waals surface area contributed by atoms with E-state index in [1.165, 1.54) is 12.0 Å². The van der Waals surface area contributed by atoms with Crippen molar-refractivity contribution in [2.75, 3.05) is 18.6 Å². The normalized spacial score (nSPS) is 17.3. The number of rotatable bonds is 7. The van der Waals surface area contributed by atoms with Gasteiger partial charge in [-0.05, 0) is 35.7 Å². The Morgan fingerprint density at radius 1 is 0.941 bits per heavy atom. The molecule has 0 saturated carbocycles. The highest BCUT2D eigenvalue weighted by atomic mass is 16.5. The van der Waals surface area contributed by atoms with Gasteiger partial charge < -0.3 is 14.6 Å². The van der Waals surface area contributed by atoms with E-state index in [1.54, 1.807) is 48.5 Å². The Kier molecular flexibility index (Phi) is 6.68. The van der Waals surface area contributed by atoms with Crippen molar-refractivity contribution in [3.8, 4) is 11.5 Å². The molecule has 1 unspecified atom stereocenters. The van der Waals surface area contributed by atoms with E-state index in [1.807, 2.05) is 44.2 Å². The van der Waals surface area contributed by atoms with Crippen molar-refractivity contribution in [1.82, 2.24) is 0 Å². The molecule has 3 aromatic rings. The molecular weight excluding hydrogens is 430 g/mol. The summed E-state index contributed by atoms with van der Waals surface area (Å²) in [5.41, 5.74) is 1.65. The van der Waals surface area contributed by atoms with Crippen LogP contribution in [0.4, 0.5) is 5.69 Å². The highest BCUT2D eigenvalue weighted by Crippen LogP contribution is 2.42. The molecule has 0 aliphatic carbocycles. The van der Waals surface area contributed by atoms with E-state index in [-0.39, 0.29) is 11.3 Å². The van der Waals surface area contributed by atoms with Gasteiger partial charge >= 0.3 is 0 Å². The average molecular weight is 458 g/mol. The van der Waals surface area contributed by atoms with Crippen LogP contribution in [0.25, 0.3) is 5.76 Å². The topological polar surface area (TPSA) is 76.1 Å². The van der Waals surface area contributed by atoms with E-state index in [4.69, 9.17) is 9.47 Å². The summed E-state index contributed by atoms with van der Waals surface area (Å²) >= 11 is 0. The zero-order valence-corrected chi connectivity index (χ0v) is 19.4. The lowest BCUT2D eigenvalue weighted by molar-refractivity contribution is -0.132.